The van der Waals surface area contributed by atoms with Gasteiger partial charge in [0.25, 0.3) is 0 Å². The van der Waals surface area contributed by atoms with Crippen molar-refractivity contribution in [1.82, 2.24) is 10.2 Å². The number of rotatable bonds is 6. The van der Waals surface area contributed by atoms with E-state index in [9.17, 15) is 13.6 Å². The molecule has 1 amide bonds. The summed E-state index contributed by atoms with van der Waals surface area (Å²) >= 11 is 6.09. The summed E-state index contributed by atoms with van der Waals surface area (Å²) in [5.41, 5.74) is -2.08. The van der Waals surface area contributed by atoms with Crippen LogP contribution in [0.5, 0.6) is 0 Å². The zero-order chi connectivity index (χ0) is 29.1. The molecule has 2 aromatic carbocycles. The number of carbonyl (C=O) groups is 1. The molecule has 3 atom stereocenters. The van der Waals surface area contributed by atoms with Crippen LogP contribution < -0.4 is 10.3 Å². The van der Waals surface area contributed by atoms with Gasteiger partial charge in [0.15, 0.2) is 16.6 Å². The van der Waals surface area contributed by atoms with Crippen LogP contribution in [-0.4, -0.2) is 60.4 Å². The molecule has 1 saturated carbocycles. The monoisotopic (exact) mass is 590 g/mol. The molecule has 7 nitrogen and oxygen atoms in total. The minimum absolute atomic E-state index is 0.000692. The Balaban J connectivity index is 1.42. The average molecular weight is 591 g/mol. The lowest BCUT2D eigenvalue weighted by atomic mass is 9.78. The van der Waals surface area contributed by atoms with E-state index in [2.05, 4.69) is 15.3 Å². The first-order valence-corrected chi connectivity index (χ1v) is 13.6. The Morgan fingerprint density at radius 3 is 2.39 bits per heavy atom. The Morgan fingerprint density at radius 1 is 1.07 bits per heavy atom. The fourth-order valence-electron chi connectivity index (χ4n) is 5.76. The summed E-state index contributed by atoms with van der Waals surface area (Å²) < 4.78 is 69.8. The summed E-state index contributed by atoms with van der Waals surface area (Å²) in [7, 11) is 2.02. The molecule has 3 unspecified atom stereocenters. The minimum atomic E-state index is -1.77. The van der Waals surface area contributed by atoms with E-state index in [1.165, 1.54) is 25.1 Å². The quantitative estimate of drug-likeness (QED) is 0.398. The zero-order valence-electron chi connectivity index (χ0n) is 22.3. The number of anilines is 1. The third kappa shape index (κ3) is 4.79. The smallest absolute Gasteiger partial charge is 0.249 e. The molecule has 1 saturated heterocycles. The molecule has 1 aliphatic carbocycles. The third-order valence-electron chi connectivity index (χ3n) is 8.36. The van der Waals surface area contributed by atoms with Gasteiger partial charge < -0.3 is 14.5 Å². The van der Waals surface area contributed by atoms with E-state index in [0.717, 1.165) is 36.0 Å². The van der Waals surface area contributed by atoms with Crippen LogP contribution in [0.2, 0.25) is 5.22 Å². The summed E-state index contributed by atoms with van der Waals surface area (Å²) in [6, 6.07) is 8.72. The molecular formula is C29H27ClF4N4O3. The lowest BCUT2D eigenvalue weighted by Gasteiger charge is -2.39. The maximum absolute atomic E-state index is 15.2. The topological polar surface area (TPSA) is 70.3 Å². The summed E-state index contributed by atoms with van der Waals surface area (Å²) in [6.45, 7) is 2.80. The molecular weight excluding hydrogens is 564 g/mol. The van der Waals surface area contributed by atoms with E-state index in [0.29, 0.717) is 25.3 Å². The highest BCUT2D eigenvalue weighted by Gasteiger charge is 2.57. The fraction of sp³-hybridized carbons (Fsp3) is 0.379. The number of hydrazone groups is 1. The molecule has 6 rings (SSSR count). The molecule has 0 bridgehead atoms. The van der Waals surface area contributed by atoms with Crippen LogP contribution in [0.3, 0.4) is 0 Å². The van der Waals surface area contributed by atoms with E-state index in [1.807, 2.05) is 7.05 Å². The lowest BCUT2D eigenvalue weighted by Crippen LogP contribution is -2.59. The van der Waals surface area contributed by atoms with Crippen molar-refractivity contribution in [2.75, 3.05) is 31.8 Å². The number of amides is 1. The Hall–Kier alpha value is -3.41. The van der Waals surface area contributed by atoms with Gasteiger partial charge in [0.1, 0.15) is 23.2 Å². The number of halogens is 5. The van der Waals surface area contributed by atoms with Gasteiger partial charge in [0.05, 0.1) is 30.0 Å². The highest BCUT2D eigenvalue weighted by Crippen LogP contribution is 2.47. The number of morpholine rings is 1. The van der Waals surface area contributed by atoms with Crippen LogP contribution in [-0.2, 0) is 9.53 Å². The van der Waals surface area contributed by atoms with Crippen molar-refractivity contribution in [3.05, 3.63) is 88.3 Å². The molecule has 2 fully saturated rings. The van der Waals surface area contributed by atoms with Crippen molar-refractivity contribution in [1.29, 1.82) is 0 Å². The van der Waals surface area contributed by atoms with Crippen LogP contribution in [0.4, 0.5) is 23.2 Å². The maximum atomic E-state index is 15.2. The van der Waals surface area contributed by atoms with Crippen LogP contribution >= 0.6 is 11.6 Å². The van der Waals surface area contributed by atoms with Gasteiger partial charge in [-0.1, -0.05) is 0 Å². The molecule has 1 spiro atoms. The molecule has 0 radical (unpaired) electrons. The molecule has 2 aliphatic heterocycles. The van der Waals surface area contributed by atoms with E-state index in [1.54, 1.807) is 0 Å². The first-order valence-electron chi connectivity index (χ1n) is 13.2. The molecule has 1 N–H and O–H groups in total. The highest BCUT2D eigenvalue weighted by molar-refractivity contribution is 6.28. The number of hydrogen-bond acceptors (Lipinski definition) is 6. The van der Waals surface area contributed by atoms with Crippen LogP contribution in [0.25, 0.3) is 0 Å². The van der Waals surface area contributed by atoms with Gasteiger partial charge >= 0.3 is 0 Å². The van der Waals surface area contributed by atoms with Crippen molar-refractivity contribution in [3.63, 3.8) is 0 Å². The summed E-state index contributed by atoms with van der Waals surface area (Å²) in [5, 5.41) is 8.50. The Kier molecular flexibility index (Phi) is 6.87. The molecule has 3 aromatic rings. The SMILES string of the molecule is CN1CC(CNC(=O)C2(C)C(c3ccc(Cl)o3)C(c3ccc(F)cc3F)=NN2c2ccc(F)cc2F)OCC12CC2. The van der Waals surface area contributed by atoms with Crippen molar-refractivity contribution >= 4 is 28.9 Å². The number of furan rings is 1. The Bertz CT molecular complexity index is 1540. The van der Waals surface area contributed by atoms with Crippen molar-refractivity contribution in [2.24, 2.45) is 5.10 Å². The van der Waals surface area contributed by atoms with E-state index in [4.69, 9.17) is 20.8 Å². The van der Waals surface area contributed by atoms with Gasteiger partial charge in [0, 0.05) is 36.3 Å². The Labute approximate surface area is 238 Å². The second-order valence-corrected chi connectivity index (χ2v) is 11.4. The maximum Gasteiger partial charge on any atom is 0.249 e. The number of hydrogen-bond donors (Lipinski definition) is 1. The Morgan fingerprint density at radius 2 is 1.78 bits per heavy atom. The largest absolute Gasteiger partial charge is 0.449 e. The van der Waals surface area contributed by atoms with Crippen LogP contribution in [0.1, 0.15) is 37.0 Å². The van der Waals surface area contributed by atoms with E-state index < -0.39 is 40.6 Å². The number of nitrogens with one attached hydrogen (secondary N) is 1. The standard InChI is InChI=1S/C29H27ClF4N4O3/c1-28(27(39)35-13-18-14-37(2)29(9-10-29)15-40-18)25(23-7-8-24(30)41-23)26(19-5-3-16(31)11-20(19)33)36-38(28)22-6-4-17(32)12-21(22)34/h3-8,11-12,18,25H,9-10,13-15H2,1-2H3,(H,35,39). The molecule has 41 heavy (non-hydrogen) atoms. The molecule has 12 heteroatoms. The van der Waals surface area contributed by atoms with Crippen LogP contribution in [0, 0.1) is 23.3 Å². The summed E-state index contributed by atoms with van der Waals surface area (Å²) in [4.78, 5) is 16.4. The predicted molar refractivity (Wildman–Crippen MR) is 144 cm³/mol. The number of ether oxygens (including phenoxy) is 1. The number of carbonyl (C=O) groups excluding carboxylic acids is 1. The number of benzene rings is 2. The van der Waals surface area contributed by atoms with Crippen molar-refractivity contribution in [2.45, 2.75) is 42.9 Å². The average Bonchev–Trinajstić information content (AvgIpc) is 3.48. The van der Waals surface area contributed by atoms with Gasteiger partial charge in [-0.15, -0.1) is 0 Å². The van der Waals surface area contributed by atoms with Crippen LogP contribution in [0.15, 0.2) is 58.0 Å². The first-order chi connectivity index (χ1) is 19.5. The molecule has 1 aromatic heterocycles. The van der Waals surface area contributed by atoms with Gasteiger partial charge in [0.2, 0.25) is 5.91 Å². The highest BCUT2D eigenvalue weighted by atomic mass is 35.5. The molecule has 216 valence electrons. The van der Waals surface area contributed by atoms with Gasteiger partial charge in [-0.2, -0.15) is 5.10 Å². The second kappa shape index (κ2) is 10.1. The summed E-state index contributed by atoms with van der Waals surface area (Å²) in [6.07, 6.45) is 1.82. The summed E-state index contributed by atoms with van der Waals surface area (Å²) in [5.74, 6) is -5.16. The zero-order valence-corrected chi connectivity index (χ0v) is 23.0. The lowest BCUT2D eigenvalue weighted by molar-refractivity contribution is -0.127. The molecule has 3 heterocycles. The van der Waals surface area contributed by atoms with Crippen molar-refractivity contribution in [3.8, 4) is 0 Å². The number of likely N-dealkylation sites (N-methyl/N-ethyl adjacent to an activating group) is 1. The fourth-order valence-corrected chi connectivity index (χ4v) is 5.91. The third-order valence-corrected chi connectivity index (χ3v) is 8.56. The first kappa shape index (κ1) is 27.7. The van der Waals surface area contributed by atoms with E-state index >= 15 is 8.78 Å². The minimum Gasteiger partial charge on any atom is -0.449 e. The second-order valence-electron chi connectivity index (χ2n) is 11.0. The van der Waals surface area contributed by atoms with E-state index in [-0.39, 0.29) is 46.1 Å². The molecule has 3 aliphatic rings. The van der Waals surface area contributed by atoms with Crippen molar-refractivity contribution < 1.29 is 31.5 Å². The van der Waals surface area contributed by atoms with Gasteiger partial charge in [-0.05, 0) is 74.8 Å². The normalized spacial score (nSPS) is 25.4. The number of nitrogens with zero attached hydrogens (tertiary/aromatic N) is 3. The van der Waals surface area contributed by atoms with Gasteiger partial charge in [-0.25, -0.2) is 22.6 Å². The van der Waals surface area contributed by atoms with Gasteiger partial charge in [-0.3, -0.25) is 9.69 Å². The predicted octanol–water partition coefficient (Wildman–Crippen LogP) is 5.24.